The number of carbonyl (C=O) groups is 1. The Labute approximate surface area is 162 Å². The number of aromatic nitrogens is 3. The minimum absolute atomic E-state index is 0.179. The molecule has 142 valence electrons. The van der Waals surface area contributed by atoms with Crippen LogP contribution in [0.15, 0.2) is 29.4 Å². The van der Waals surface area contributed by atoms with Crippen LogP contribution in [-0.4, -0.2) is 51.4 Å². The van der Waals surface area contributed by atoms with Gasteiger partial charge < -0.3 is 9.64 Å². The molecule has 0 radical (unpaired) electrons. The molecule has 0 N–H and O–H groups in total. The Morgan fingerprint density at radius 2 is 2.19 bits per heavy atom. The molecule has 0 saturated carbocycles. The minimum Gasteiger partial charge on any atom is -0.497 e. The Hall–Kier alpha value is -2.28. The fourth-order valence-corrected chi connectivity index (χ4v) is 4.58. The van der Waals surface area contributed by atoms with Crippen LogP contribution in [0.2, 0.25) is 0 Å². The lowest BCUT2D eigenvalue weighted by molar-refractivity contribution is -0.130. The first-order valence-corrected chi connectivity index (χ1v) is 10.3. The highest BCUT2D eigenvalue weighted by Crippen LogP contribution is 2.28. The van der Waals surface area contributed by atoms with Crippen LogP contribution in [0.4, 0.5) is 0 Å². The van der Waals surface area contributed by atoms with E-state index in [2.05, 4.69) is 23.2 Å². The van der Waals surface area contributed by atoms with Gasteiger partial charge >= 0.3 is 0 Å². The van der Waals surface area contributed by atoms with Gasteiger partial charge in [0, 0.05) is 19.2 Å². The van der Waals surface area contributed by atoms with Crippen molar-refractivity contribution in [1.82, 2.24) is 19.5 Å². The van der Waals surface area contributed by atoms with Crippen molar-refractivity contribution in [2.45, 2.75) is 31.8 Å². The number of rotatable bonds is 4. The summed E-state index contributed by atoms with van der Waals surface area (Å²) in [7, 11) is 1.66. The highest BCUT2D eigenvalue weighted by molar-refractivity contribution is 7.99. The second-order valence-corrected chi connectivity index (χ2v) is 8.21. The maximum atomic E-state index is 12.6. The molecule has 6 nitrogen and oxygen atoms in total. The molecule has 1 aliphatic heterocycles. The molecule has 1 amide bonds. The Bertz CT molecular complexity index is 1000. The van der Waals surface area contributed by atoms with Gasteiger partial charge in [0.1, 0.15) is 5.75 Å². The molecule has 7 heteroatoms. The highest BCUT2D eigenvalue weighted by atomic mass is 32.2. The molecule has 0 aliphatic carbocycles. The Morgan fingerprint density at radius 1 is 1.33 bits per heavy atom. The van der Waals surface area contributed by atoms with Crippen LogP contribution in [-0.2, 0) is 4.79 Å². The average Bonchev–Trinajstić information content (AvgIpc) is 3.11. The van der Waals surface area contributed by atoms with Crippen molar-refractivity contribution in [2.75, 3.05) is 26.0 Å². The van der Waals surface area contributed by atoms with E-state index in [-0.39, 0.29) is 5.91 Å². The lowest BCUT2D eigenvalue weighted by Gasteiger charge is -2.30. The fraction of sp³-hybridized carbons (Fsp3) is 0.450. The van der Waals surface area contributed by atoms with E-state index >= 15 is 0 Å². The molecule has 1 aromatic carbocycles. The van der Waals surface area contributed by atoms with Gasteiger partial charge in [-0.25, -0.2) is 0 Å². The molecule has 3 heterocycles. The van der Waals surface area contributed by atoms with Crippen molar-refractivity contribution >= 4 is 34.2 Å². The van der Waals surface area contributed by atoms with Gasteiger partial charge in [0.15, 0.2) is 10.8 Å². The van der Waals surface area contributed by atoms with Gasteiger partial charge in [0.2, 0.25) is 5.91 Å². The number of methoxy groups -OCH3 is 1. The summed E-state index contributed by atoms with van der Waals surface area (Å²) < 4.78 is 7.42. The second kappa shape index (κ2) is 7.38. The molecule has 0 spiro atoms. The van der Waals surface area contributed by atoms with Crippen LogP contribution in [0, 0.1) is 12.8 Å². The third-order valence-electron chi connectivity index (χ3n) is 5.17. The lowest BCUT2D eigenvalue weighted by Crippen LogP contribution is -2.40. The van der Waals surface area contributed by atoms with E-state index in [1.807, 2.05) is 34.4 Å². The van der Waals surface area contributed by atoms with Crippen LogP contribution in [0.25, 0.3) is 16.6 Å². The summed E-state index contributed by atoms with van der Waals surface area (Å²) in [4.78, 5) is 14.6. The van der Waals surface area contributed by atoms with Gasteiger partial charge in [-0.2, -0.15) is 0 Å². The lowest BCUT2D eigenvalue weighted by atomic mass is 10.0. The number of pyridine rings is 1. The summed E-state index contributed by atoms with van der Waals surface area (Å²) in [6.45, 7) is 5.96. The first-order chi connectivity index (χ1) is 13.1. The summed E-state index contributed by atoms with van der Waals surface area (Å²) in [5.74, 6) is 1.93. The number of amides is 1. The summed E-state index contributed by atoms with van der Waals surface area (Å²) in [5.41, 5.74) is 2.86. The third-order valence-corrected chi connectivity index (χ3v) is 6.08. The molecular weight excluding hydrogens is 360 g/mol. The second-order valence-electron chi connectivity index (χ2n) is 7.27. The normalized spacial score (nSPS) is 17.6. The number of thioether (sulfide) groups is 1. The number of fused-ring (bicyclic) bond motifs is 3. The zero-order valence-electron chi connectivity index (χ0n) is 15.9. The molecule has 27 heavy (non-hydrogen) atoms. The van der Waals surface area contributed by atoms with E-state index in [4.69, 9.17) is 4.74 Å². The number of nitrogens with zero attached hydrogens (tertiary/aromatic N) is 4. The Morgan fingerprint density at radius 3 is 2.96 bits per heavy atom. The summed E-state index contributed by atoms with van der Waals surface area (Å²) in [5, 5.41) is 10.5. The maximum Gasteiger partial charge on any atom is 0.233 e. The summed E-state index contributed by atoms with van der Waals surface area (Å²) in [6, 6.07) is 8.08. The predicted molar refractivity (Wildman–Crippen MR) is 107 cm³/mol. The van der Waals surface area contributed by atoms with Gasteiger partial charge in [0.25, 0.3) is 0 Å². The number of hydrogen-bond acceptors (Lipinski definition) is 5. The average molecular weight is 385 g/mol. The minimum atomic E-state index is 0.179. The molecule has 0 unspecified atom stereocenters. The Balaban J connectivity index is 1.64. The van der Waals surface area contributed by atoms with Crippen LogP contribution in [0.1, 0.15) is 25.3 Å². The first kappa shape index (κ1) is 18.1. The quantitative estimate of drug-likeness (QED) is 0.644. The zero-order valence-corrected chi connectivity index (χ0v) is 16.8. The van der Waals surface area contributed by atoms with Crippen molar-refractivity contribution in [3.05, 3.63) is 29.8 Å². The van der Waals surface area contributed by atoms with Crippen LogP contribution >= 0.6 is 11.8 Å². The molecule has 0 bridgehead atoms. The summed E-state index contributed by atoms with van der Waals surface area (Å²) in [6.07, 6.45) is 2.30. The van der Waals surface area contributed by atoms with Crippen LogP contribution in [0.3, 0.4) is 0 Å². The first-order valence-electron chi connectivity index (χ1n) is 9.30. The van der Waals surface area contributed by atoms with Crippen molar-refractivity contribution in [3.8, 4) is 5.75 Å². The van der Waals surface area contributed by atoms with Gasteiger partial charge in [-0.05, 0) is 54.8 Å². The van der Waals surface area contributed by atoms with E-state index in [1.54, 1.807) is 7.11 Å². The summed E-state index contributed by atoms with van der Waals surface area (Å²) >= 11 is 1.45. The topological polar surface area (TPSA) is 59.7 Å². The number of hydrogen-bond donors (Lipinski definition) is 0. The molecule has 1 saturated heterocycles. The van der Waals surface area contributed by atoms with Crippen molar-refractivity contribution in [3.63, 3.8) is 0 Å². The third kappa shape index (κ3) is 3.48. The predicted octanol–water partition coefficient (Wildman–Crippen LogP) is 3.55. The van der Waals surface area contributed by atoms with E-state index in [1.165, 1.54) is 18.2 Å². The van der Waals surface area contributed by atoms with E-state index < -0.39 is 0 Å². The Kier molecular flexibility index (Phi) is 4.95. The maximum absolute atomic E-state index is 12.6. The number of ether oxygens (including phenoxy) is 1. The number of carbonyl (C=O) groups excluding carboxylic acids is 1. The molecule has 1 aliphatic rings. The monoisotopic (exact) mass is 384 g/mol. The molecular formula is C20H24N4O2S. The highest BCUT2D eigenvalue weighted by Gasteiger charge is 2.22. The van der Waals surface area contributed by atoms with Crippen LogP contribution in [0.5, 0.6) is 5.75 Å². The van der Waals surface area contributed by atoms with Gasteiger partial charge in [-0.1, -0.05) is 18.7 Å². The molecule has 2 aromatic heterocycles. The molecule has 1 atom stereocenters. The standard InChI is InChI=1S/C20H24N4O2S/c1-13-5-4-8-23(11-13)18(25)12-27-20-22-21-19-14(2)9-15-6-7-16(26-3)10-17(15)24(19)20/h6-7,9-10,13H,4-5,8,11-12H2,1-3H3/t13-/m0/s1. The zero-order chi connectivity index (χ0) is 19.0. The SMILES string of the molecule is COc1ccc2cc(C)c3nnc(SCC(=O)N4CCC[C@H](C)C4)n3c2c1. The van der Waals surface area contributed by atoms with E-state index in [0.717, 1.165) is 52.5 Å². The van der Waals surface area contributed by atoms with Crippen molar-refractivity contribution in [1.29, 1.82) is 0 Å². The number of benzene rings is 1. The van der Waals surface area contributed by atoms with Crippen molar-refractivity contribution < 1.29 is 9.53 Å². The number of likely N-dealkylation sites (tertiary alicyclic amines) is 1. The smallest absolute Gasteiger partial charge is 0.233 e. The molecule has 4 rings (SSSR count). The van der Waals surface area contributed by atoms with Crippen molar-refractivity contribution in [2.24, 2.45) is 5.92 Å². The van der Waals surface area contributed by atoms with E-state index in [0.29, 0.717) is 11.7 Å². The van der Waals surface area contributed by atoms with E-state index in [9.17, 15) is 4.79 Å². The van der Waals surface area contributed by atoms with Gasteiger partial charge in [-0.3, -0.25) is 9.20 Å². The van der Waals surface area contributed by atoms with Crippen LogP contribution < -0.4 is 4.74 Å². The largest absolute Gasteiger partial charge is 0.497 e. The number of piperidine rings is 1. The van der Waals surface area contributed by atoms with Gasteiger partial charge in [0.05, 0.1) is 18.4 Å². The number of aryl methyl sites for hydroxylation is 1. The fourth-order valence-electron chi connectivity index (χ4n) is 3.73. The molecule has 3 aromatic rings. The van der Waals surface area contributed by atoms with Gasteiger partial charge in [-0.15, -0.1) is 10.2 Å². The molecule has 1 fully saturated rings.